The van der Waals surface area contributed by atoms with Gasteiger partial charge in [0.15, 0.2) is 0 Å². The van der Waals surface area contributed by atoms with E-state index in [1.165, 1.54) is 0 Å². The molecule has 1 aromatic carbocycles. The van der Waals surface area contributed by atoms with Crippen LogP contribution in [0.1, 0.15) is 45.4 Å². The third kappa shape index (κ3) is 4.86. The first kappa shape index (κ1) is 16.5. The fraction of sp³-hybridized carbons (Fsp3) is 0.556. The number of benzene rings is 1. The van der Waals surface area contributed by atoms with Gasteiger partial charge in [-0.05, 0) is 31.4 Å². The maximum Gasteiger partial charge on any atom is 0.229 e. The van der Waals surface area contributed by atoms with Crippen LogP contribution in [0.4, 0.5) is 5.69 Å². The molecule has 1 heterocycles. The summed E-state index contributed by atoms with van der Waals surface area (Å²) in [7, 11) is 0. The number of hydrogen-bond acceptors (Lipinski definition) is 2. The quantitative estimate of drug-likeness (QED) is 0.818. The molecule has 1 fully saturated rings. The SMILES string of the molecule is CCCCCC(=O)N1CCCC(C(=O)Nc2ccccc2)C1. The van der Waals surface area contributed by atoms with Gasteiger partial charge in [0.25, 0.3) is 0 Å². The van der Waals surface area contributed by atoms with Gasteiger partial charge < -0.3 is 10.2 Å². The molecular formula is C18H26N2O2. The van der Waals surface area contributed by atoms with Gasteiger partial charge in [-0.15, -0.1) is 0 Å². The van der Waals surface area contributed by atoms with Crippen molar-refractivity contribution in [3.8, 4) is 0 Å². The Hall–Kier alpha value is -1.84. The van der Waals surface area contributed by atoms with Gasteiger partial charge in [-0.2, -0.15) is 0 Å². The molecule has 4 heteroatoms. The van der Waals surface area contributed by atoms with Crippen LogP contribution in [-0.2, 0) is 9.59 Å². The fourth-order valence-corrected chi connectivity index (χ4v) is 2.87. The lowest BCUT2D eigenvalue weighted by Gasteiger charge is -2.32. The van der Waals surface area contributed by atoms with Gasteiger partial charge in [-0.1, -0.05) is 38.0 Å². The number of hydrogen-bond donors (Lipinski definition) is 1. The first-order valence-corrected chi connectivity index (χ1v) is 8.34. The molecule has 1 atom stereocenters. The van der Waals surface area contributed by atoms with Crippen molar-refractivity contribution in [3.05, 3.63) is 30.3 Å². The van der Waals surface area contributed by atoms with E-state index in [1.54, 1.807) is 0 Å². The molecule has 0 radical (unpaired) electrons. The van der Waals surface area contributed by atoms with Gasteiger partial charge >= 0.3 is 0 Å². The van der Waals surface area contributed by atoms with Crippen molar-refractivity contribution in [2.75, 3.05) is 18.4 Å². The Balaban J connectivity index is 1.84. The Bertz CT molecular complexity index is 487. The number of anilines is 1. The highest BCUT2D eigenvalue weighted by molar-refractivity contribution is 5.93. The van der Waals surface area contributed by atoms with Crippen molar-refractivity contribution >= 4 is 17.5 Å². The normalized spacial score (nSPS) is 18.0. The Labute approximate surface area is 132 Å². The zero-order valence-corrected chi connectivity index (χ0v) is 13.4. The molecule has 2 rings (SSSR count). The minimum absolute atomic E-state index is 0.0252. The third-order valence-electron chi connectivity index (χ3n) is 4.18. The van der Waals surface area contributed by atoms with Crippen molar-refractivity contribution in [1.29, 1.82) is 0 Å². The van der Waals surface area contributed by atoms with E-state index in [4.69, 9.17) is 0 Å². The minimum Gasteiger partial charge on any atom is -0.342 e. The lowest BCUT2D eigenvalue weighted by molar-refractivity contribution is -0.134. The number of likely N-dealkylation sites (tertiary alicyclic amines) is 1. The fourth-order valence-electron chi connectivity index (χ4n) is 2.87. The molecule has 1 saturated heterocycles. The van der Waals surface area contributed by atoms with E-state index in [1.807, 2.05) is 35.2 Å². The molecular weight excluding hydrogens is 276 g/mol. The summed E-state index contributed by atoms with van der Waals surface area (Å²) < 4.78 is 0. The summed E-state index contributed by atoms with van der Waals surface area (Å²) in [5, 5.41) is 2.95. The summed E-state index contributed by atoms with van der Waals surface area (Å²) in [5.41, 5.74) is 0.818. The van der Waals surface area contributed by atoms with Crippen LogP contribution >= 0.6 is 0 Å². The number of amides is 2. The van der Waals surface area contributed by atoms with Gasteiger partial charge in [0.1, 0.15) is 0 Å². The van der Waals surface area contributed by atoms with E-state index >= 15 is 0 Å². The van der Waals surface area contributed by atoms with Gasteiger partial charge in [0.05, 0.1) is 5.92 Å². The number of carbonyl (C=O) groups is 2. The van der Waals surface area contributed by atoms with Crippen LogP contribution in [0, 0.1) is 5.92 Å². The van der Waals surface area contributed by atoms with Crippen LogP contribution in [0.15, 0.2) is 30.3 Å². The van der Waals surface area contributed by atoms with Gasteiger partial charge in [0, 0.05) is 25.2 Å². The Morgan fingerprint density at radius 2 is 2.00 bits per heavy atom. The highest BCUT2D eigenvalue weighted by Gasteiger charge is 2.28. The largest absolute Gasteiger partial charge is 0.342 e. The molecule has 1 N–H and O–H groups in total. The standard InChI is InChI=1S/C18H26N2O2/c1-2-3-5-12-17(21)20-13-8-9-15(14-20)18(22)19-16-10-6-4-7-11-16/h4,6-7,10-11,15H,2-3,5,8-9,12-14H2,1H3,(H,19,22). The molecule has 1 aliphatic heterocycles. The number of rotatable bonds is 6. The zero-order valence-electron chi connectivity index (χ0n) is 13.4. The van der Waals surface area contributed by atoms with E-state index in [-0.39, 0.29) is 17.7 Å². The molecule has 0 aliphatic carbocycles. The lowest BCUT2D eigenvalue weighted by Crippen LogP contribution is -2.43. The molecule has 1 unspecified atom stereocenters. The number of carbonyl (C=O) groups excluding carboxylic acids is 2. The molecule has 0 aromatic heterocycles. The van der Waals surface area contributed by atoms with Crippen molar-refractivity contribution in [3.63, 3.8) is 0 Å². The zero-order chi connectivity index (χ0) is 15.8. The lowest BCUT2D eigenvalue weighted by atomic mass is 9.96. The monoisotopic (exact) mass is 302 g/mol. The van der Waals surface area contributed by atoms with E-state index in [9.17, 15) is 9.59 Å². The second kappa shape index (κ2) is 8.57. The molecule has 22 heavy (non-hydrogen) atoms. The van der Waals surface area contributed by atoms with Crippen LogP contribution in [0.3, 0.4) is 0 Å². The topological polar surface area (TPSA) is 49.4 Å². The summed E-state index contributed by atoms with van der Waals surface area (Å²) in [4.78, 5) is 26.4. The third-order valence-corrected chi connectivity index (χ3v) is 4.18. The molecule has 2 amide bonds. The molecule has 0 saturated carbocycles. The van der Waals surface area contributed by atoms with E-state index < -0.39 is 0 Å². The molecule has 4 nitrogen and oxygen atoms in total. The second-order valence-corrected chi connectivity index (χ2v) is 5.99. The molecule has 0 bridgehead atoms. The maximum atomic E-state index is 12.3. The summed E-state index contributed by atoms with van der Waals surface area (Å²) in [6.07, 6.45) is 5.55. The van der Waals surface area contributed by atoms with E-state index in [2.05, 4.69) is 12.2 Å². The van der Waals surface area contributed by atoms with Gasteiger partial charge in [0.2, 0.25) is 11.8 Å². The highest BCUT2D eigenvalue weighted by atomic mass is 16.2. The van der Waals surface area contributed by atoms with Gasteiger partial charge in [-0.25, -0.2) is 0 Å². The predicted octanol–water partition coefficient (Wildman–Crippen LogP) is 3.44. The first-order valence-electron chi connectivity index (χ1n) is 8.34. The molecule has 0 spiro atoms. The average molecular weight is 302 g/mol. The predicted molar refractivity (Wildman–Crippen MR) is 88.5 cm³/mol. The highest BCUT2D eigenvalue weighted by Crippen LogP contribution is 2.20. The number of para-hydroxylation sites is 1. The minimum atomic E-state index is -0.0934. The number of nitrogens with zero attached hydrogens (tertiary/aromatic N) is 1. The summed E-state index contributed by atoms with van der Waals surface area (Å²) in [6, 6.07) is 9.50. The van der Waals surface area contributed by atoms with E-state index in [0.717, 1.165) is 44.3 Å². The Kier molecular flexibility index (Phi) is 6.44. The molecule has 120 valence electrons. The second-order valence-electron chi connectivity index (χ2n) is 5.99. The van der Waals surface area contributed by atoms with Crippen molar-refractivity contribution in [1.82, 2.24) is 4.90 Å². The van der Waals surface area contributed by atoms with E-state index in [0.29, 0.717) is 13.0 Å². The summed E-state index contributed by atoms with van der Waals surface area (Å²) in [5.74, 6) is 0.131. The van der Waals surface area contributed by atoms with Crippen LogP contribution in [0.25, 0.3) is 0 Å². The number of unbranched alkanes of at least 4 members (excludes halogenated alkanes) is 2. The smallest absolute Gasteiger partial charge is 0.229 e. The number of piperidine rings is 1. The van der Waals surface area contributed by atoms with Gasteiger partial charge in [-0.3, -0.25) is 9.59 Å². The van der Waals surface area contributed by atoms with Crippen molar-refractivity contribution in [2.45, 2.75) is 45.4 Å². The number of nitrogens with one attached hydrogen (secondary N) is 1. The summed E-state index contributed by atoms with van der Waals surface area (Å²) >= 11 is 0. The first-order chi connectivity index (χ1) is 10.7. The maximum absolute atomic E-state index is 12.3. The van der Waals surface area contributed by atoms with Crippen LogP contribution in [0.2, 0.25) is 0 Å². The van der Waals surface area contributed by atoms with Crippen molar-refractivity contribution < 1.29 is 9.59 Å². The average Bonchev–Trinajstić information content (AvgIpc) is 2.56. The Morgan fingerprint density at radius 1 is 1.23 bits per heavy atom. The van der Waals surface area contributed by atoms with Crippen molar-refractivity contribution in [2.24, 2.45) is 5.92 Å². The van der Waals surface area contributed by atoms with Crippen LogP contribution in [-0.4, -0.2) is 29.8 Å². The van der Waals surface area contributed by atoms with Crippen LogP contribution in [0.5, 0.6) is 0 Å². The molecule has 1 aliphatic rings. The molecule has 1 aromatic rings. The summed E-state index contributed by atoms with van der Waals surface area (Å²) in [6.45, 7) is 3.49. The Morgan fingerprint density at radius 3 is 2.73 bits per heavy atom. The van der Waals surface area contributed by atoms with Crippen LogP contribution < -0.4 is 5.32 Å².